The summed E-state index contributed by atoms with van der Waals surface area (Å²) in [6, 6.07) is 15.2. The molecule has 1 aliphatic heterocycles. The number of likely N-dealkylation sites (N-methyl/N-ethyl adjacent to an activating group) is 1. The zero-order valence-corrected chi connectivity index (χ0v) is 16.8. The molecule has 1 atom stereocenters. The van der Waals surface area contributed by atoms with Crippen LogP contribution in [0.3, 0.4) is 0 Å². The first kappa shape index (κ1) is 19.2. The number of hydrogen-bond acceptors (Lipinski definition) is 3. The van der Waals surface area contributed by atoms with Gasteiger partial charge in [0, 0.05) is 13.6 Å². The number of nitrogens with zero attached hydrogens (tertiary/aromatic N) is 2. The molecule has 0 aromatic heterocycles. The first-order chi connectivity index (χ1) is 13.9. The van der Waals surface area contributed by atoms with E-state index in [0.29, 0.717) is 13.0 Å². The van der Waals surface area contributed by atoms with E-state index in [4.69, 9.17) is 0 Å². The van der Waals surface area contributed by atoms with Gasteiger partial charge in [-0.1, -0.05) is 54.1 Å². The van der Waals surface area contributed by atoms with Gasteiger partial charge in [-0.3, -0.25) is 14.5 Å². The van der Waals surface area contributed by atoms with Crippen LogP contribution in [0.25, 0.3) is 0 Å². The molecule has 0 bridgehead atoms. The molecule has 4 amide bonds. The van der Waals surface area contributed by atoms with Crippen molar-refractivity contribution in [1.82, 2.24) is 15.1 Å². The molecule has 0 radical (unpaired) electrons. The Morgan fingerprint density at radius 2 is 1.86 bits per heavy atom. The molecule has 29 heavy (non-hydrogen) atoms. The summed E-state index contributed by atoms with van der Waals surface area (Å²) in [5.41, 5.74) is 3.05. The van der Waals surface area contributed by atoms with Gasteiger partial charge in [0.25, 0.3) is 5.91 Å². The maximum atomic E-state index is 13.3. The third-order valence-electron chi connectivity index (χ3n) is 5.91. The van der Waals surface area contributed by atoms with Crippen molar-refractivity contribution in [2.24, 2.45) is 0 Å². The minimum absolute atomic E-state index is 0.253. The van der Waals surface area contributed by atoms with E-state index in [2.05, 4.69) is 5.32 Å². The van der Waals surface area contributed by atoms with Crippen LogP contribution in [-0.4, -0.2) is 41.2 Å². The Morgan fingerprint density at radius 1 is 1.14 bits per heavy atom. The van der Waals surface area contributed by atoms with E-state index >= 15 is 0 Å². The Labute approximate surface area is 170 Å². The lowest BCUT2D eigenvalue weighted by Gasteiger charge is -2.33. The van der Waals surface area contributed by atoms with Crippen LogP contribution >= 0.6 is 0 Å². The van der Waals surface area contributed by atoms with Crippen LogP contribution in [0.5, 0.6) is 0 Å². The first-order valence-corrected chi connectivity index (χ1v) is 9.93. The van der Waals surface area contributed by atoms with E-state index in [1.165, 1.54) is 0 Å². The van der Waals surface area contributed by atoms with Crippen molar-refractivity contribution in [1.29, 1.82) is 0 Å². The third kappa shape index (κ3) is 3.39. The van der Waals surface area contributed by atoms with Gasteiger partial charge in [-0.05, 0) is 42.9 Å². The molecule has 1 heterocycles. The molecule has 2 aliphatic rings. The SMILES string of the molecule is Cc1ccc(CN(C)C(=O)CN2C(=O)N[C@]3(CCCc4ccccc43)C2=O)cc1. The van der Waals surface area contributed by atoms with Gasteiger partial charge in [0.05, 0.1) is 0 Å². The summed E-state index contributed by atoms with van der Waals surface area (Å²) in [7, 11) is 1.69. The van der Waals surface area contributed by atoms with Gasteiger partial charge < -0.3 is 10.2 Å². The maximum Gasteiger partial charge on any atom is 0.325 e. The summed E-state index contributed by atoms with van der Waals surface area (Å²) in [6.07, 6.45) is 2.26. The summed E-state index contributed by atoms with van der Waals surface area (Å²) in [6.45, 7) is 2.18. The molecule has 150 valence electrons. The molecule has 1 spiro atoms. The topological polar surface area (TPSA) is 69.7 Å². The average Bonchev–Trinajstić information content (AvgIpc) is 2.94. The lowest BCUT2D eigenvalue weighted by Crippen LogP contribution is -2.47. The molecule has 1 aliphatic carbocycles. The second-order valence-electron chi connectivity index (χ2n) is 7.97. The highest BCUT2D eigenvalue weighted by Gasteiger charge is 2.54. The average molecular weight is 391 g/mol. The molecule has 1 saturated heterocycles. The summed E-state index contributed by atoms with van der Waals surface area (Å²) in [5, 5.41) is 2.89. The summed E-state index contributed by atoms with van der Waals surface area (Å²) < 4.78 is 0. The first-order valence-electron chi connectivity index (χ1n) is 9.93. The lowest BCUT2D eigenvalue weighted by atomic mass is 9.76. The van der Waals surface area contributed by atoms with Crippen molar-refractivity contribution >= 4 is 17.8 Å². The Kier molecular flexibility index (Phi) is 4.86. The van der Waals surface area contributed by atoms with Crippen molar-refractivity contribution in [3.05, 3.63) is 70.8 Å². The van der Waals surface area contributed by atoms with E-state index in [0.717, 1.165) is 40.0 Å². The number of hydrogen-bond donors (Lipinski definition) is 1. The minimum Gasteiger partial charge on any atom is -0.340 e. The smallest absolute Gasteiger partial charge is 0.325 e. The van der Waals surface area contributed by atoms with E-state index < -0.39 is 11.6 Å². The van der Waals surface area contributed by atoms with E-state index in [-0.39, 0.29) is 18.4 Å². The molecule has 2 aromatic carbocycles. The second kappa shape index (κ2) is 7.35. The number of carbonyl (C=O) groups is 3. The van der Waals surface area contributed by atoms with Crippen molar-refractivity contribution < 1.29 is 14.4 Å². The van der Waals surface area contributed by atoms with Crippen LogP contribution in [0.2, 0.25) is 0 Å². The van der Waals surface area contributed by atoms with Crippen LogP contribution in [0.15, 0.2) is 48.5 Å². The minimum atomic E-state index is -1.04. The van der Waals surface area contributed by atoms with Gasteiger partial charge in [-0.15, -0.1) is 0 Å². The number of benzene rings is 2. The quantitative estimate of drug-likeness (QED) is 0.815. The molecule has 0 saturated carbocycles. The van der Waals surface area contributed by atoms with Crippen molar-refractivity contribution in [2.45, 2.75) is 38.3 Å². The molecule has 4 rings (SSSR count). The standard InChI is InChI=1S/C23H25N3O3/c1-16-9-11-17(12-10-16)14-25(2)20(27)15-26-21(28)23(24-22(26)29)13-5-7-18-6-3-4-8-19(18)23/h3-4,6,8-12H,5,7,13-15H2,1-2H3,(H,24,29)/t23-/m0/s1. The fraction of sp³-hybridized carbons (Fsp3) is 0.348. The fourth-order valence-electron chi connectivity index (χ4n) is 4.27. The largest absolute Gasteiger partial charge is 0.340 e. The van der Waals surface area contributed by atoms with E-state index in [1.54, 1.807) is 11.9 Å². The number of rotatable bonds is 4. The Hall–Kier alpha value is -3.15. The number of amides is 4. The van der Waals surface area contributed by atoms with Crippen LogP contribution in [0.1, 0.15) is 35.1 Å². The van der Waals surface area contributed by atoms with Gasteiger partial charge in [0.2, 0.25) is 5.91 Å². The summed E-state index contributed by atoms with van der Waals surface area (Å²) in [5.74, 6) is -0.595. The summed E-state index contributed by atoms with van der Waals surface area (Å²) in [4.78, 5) is 41.3. The summed E-state index contributed by atoms with van der Waals surface area (Å²) >= 11 is 0. The maximum absolute atomic E-state index is 13.3. The fourth-order valence-corrected chi connectivity index (χ4v) is 4.27. The number of imide groups is 1. The van der Waals surface area contributed by atoms with Gasteiger partial charge in [-0.25, -0.2) is 4.79 Å². The molecule has 6 nitrogen and oxygen atoms in total. The number of urea groups is 1. The Morgan fingerprint density at radius 3 is 2.62 bits per heavy atom. The van der Waals surface area contributed by atoms with E-state index in [1.807, 2.05) is 55.5 Å². The van der Waals surface area contributed by atoms with Crippen LogP contribution < -0.4 is 5.32 Å². The van der Waals surface area contributed by atoms with Crippen LogP contribution in [-0.2, 0) is 28.1 Å². The molecule has 1 N–H and O–H groups in total. The van der Waals surface area contributed by atoms with Gasteiger partial charge in [0.15, 0.2) is 0 Å². The van der Waals surface area contributed by atoms with Crippen molar-refractivity contribution in [3.63, 3.8) is 0 Å². The predicted molar refractivity (Wildman–Crippen MR) is 109 cm³/mol. The van der Waals surface area contributed by atoms with Gasteiger partial charge in [0.1, 0.15) is 12.1 Å². The molecule has 1 fully saturated rings. The zero-order chi connectivity index (χ0) is 20.6. The number of fused-ring (bicyclic) bond motifs is 2. The second-order valence-corrected chi connectivity index (χ2v) is 7.97. The Bertz CT molecular complexity index is 970. The monoisotopic (exact) mass is 391 g/mol. The molecular formula is C23H25N3O3. The van der Waals surface area contributed by atoms with Gasteiger partial charge >= 0.3 is 6.03 Å². The van der Waals surface area contributed by atoms with Gasteiger partial charge in [-0.2, -0.15) is 0 Å². The molecule has 0 unspecified atom stereocenters. The highest BCUT2D eigenvalue weighted by Crippen LogP contribution is 2.39. The normalized spacial score (nSPS) is 20.6. The number of aryl methyl sites for hydroxylation is 2. The van der Waals surface area contributed by atoms with Crippen molar-refractivity contribution in [2.75, 3.05) is 13.6 Å². The van der Waals surface area contributed by atoms with E-state index in [9.17, 15) is 14.4 Å². The number of carbonyl (C=O) groups excluding carboxylic acids is 3. The van der Waals surface area contributed by atoms with Crippen LogP contribution in [0.4, 0.5) is 4.79 Å². The Balaban J connectivity index is 1.50. The molecular weight excluding hydrogens is 366 g/mol. The highest BCUT2D eigenvalue weighted by atomic mass is 16.2. The molecule has 6 heteroatoms. The molecule has 2 aromatic rings. The number of nitrogens with one attached hydrogen (secondary N) is 1. The van der Waals surface area contributed by atoms with Crippen LogP contribution in [0, 0.1) is 6.92 Å². The van der Waals surface area contributed by atoms with Crippen molar-refractivity contribution in [3.8, 4) is 0 Å². The zero-order valence-electron chi connectivity index (χ0n) is 16.8. The third-order valence-corrected chi connectivity index (χ3v) is 5.91. The highest BCUT2D eigenvalue weighted by molar-refractivity contribution is 6.09. The predicted octanol–water partition coefficient (Wildman–Crippen LogP) is 2.74. The lowest BCUT2D eigenvalue weighted by molar-refractivity contribution is -0.139.